The summed E-state index contributed by atoms with van der Waals surface area (Å²) in [6, 6.07) is 4.57. The Kier molecular flexibility index (Phi) is 4.00. The van der Waals surface area contributed by atoms with Crippen molar-refractivity contribution in [3.05, 3.63) is 24.1 Å². The second-order valence-corrected chi connectivity index (χ2v) is 4.61. The lowest BCUT2D eigenvalue weighted by atomic mass is 10.3. The summed E-state index contributed by atoms with van der Waals surface area (Å²) in [6.07, 6.45) is 1.64. The predicted octanol–water partition coefficient (Wildman–Crippen LogP) is 1.40. The van der Waals surface area contributed by atoms with E-state index in [2.05, 4.69) is 10.3 Å². The lowest BCUT2D eigenvalue weighted by Gasteiger charge is -2.12. The molecule has 14 heavy (non-hydrogen) atoms. The van der Waals surface area contributed by atoms with Gasteiger partial charge in [0.25, 0.3) is 0 Å². The molecule has 5 heteroatoms. The second kappa shape index (κ2) is 5.05. The molecule has 1 aromatic heterocycles. The number of nitrogens with zero attached hydrogens (tertiary/aromatic N) is 1. The molecule has 0 fully saturated rings. The fourth-order valence-corrected chi connectivity index (χ4v) is 1.92. The number of halogens is 1. The summed E-state index contributed by atoms with van der Waals surface area (Å²) in [5, 5.41) is 2.97. The molecular formula is C9H13FN2OS. The fraction of sp³-hybridized carbons (Fsp3) is 0.444. The Morgan fingerprint density at radius 1 is 1.64 bits per heavy atom. The van der Waals surface area contributed by atoms with Crippen LogP contribution in [0.25, 0.3) is 0 Å². The van der Waals surface area contributed by atoms with Crippen molar-refractivity contribution in [2.24, 2.45) is 0 Å². The van der Waals surface area contributed by atoms with Gasteiger partial charge in [-0.1, -0.05) is 6.07 Å². The van der Waals surface area contributed by atoms with Gasteiger partial charge in [-0.25, -0.2) is 4.98 Å². The van der Waals surface area contributed by atoms with Gasteiger partial charge in [-0.05, 0) is 19.1 Å². The van der Waals surface area contributed by atoms with Crippen LogP contribution in [0.4, 0.5) is 10.2 Å². The lowest BCUT2D eigenvalue weighted by Crippen LogP contribution is -2.22. The van der Waals surface area contributed by atoms with E-state index in [0.29, 0.717) is 11.6 Å². The van der Waals surface area contributed by atoms with Crippen LogP contribution in [0, 0.1) is 5.95 Å². The van der Waals surface area contributed by atoms with E-state index in [1.807, 2.05) is 6.92 Å². The van der Waals surface area contributed by atoms with Crippen LogP contribution in [-0.2, 0) is 10.8 Å². The third-order valence-corrected chi connectivity index (χ3v) is 2.56. The summed E-state index contributed by atoms with van der Waals surface area (Å²) in [4.78, 5) is 3.64. The molecule has 0 saturated heterocycles. The number of aromatic nitrogens is 1. The van der Waals surface area contributed by atoms with Gasteiger partial charge in [0.05, 0.1) is 0 Å². The summed E-state index contributed by atoms with van der Waals surface area (Å²) < 4.78 is 23.6. The van der Waals surface area contributed by atoms with E-state index in [9.17, 15) is 8.60 Å². The van der Waals surface area contributed by atoms with E-state index in [1.54, 1.807) is 18.4 Å². The number of nitrogens with one attached hydrogen (secondary N) is 1. The van der Waals surface area contributed by atoms with Gasteiger partial charge < -0.3 is 5.32 Å². The first kappa shape index (κ1) is 11.1. The molecule has 2 atom stereocenters. The molecule has 1 heterocycles. The maximum atomic E-state index is 12.7. The summed E-state index contributed by atoms with van der Waals surface area (Å²) in [7, 11) is -0.859. The van der Waals surface area contributed by atoms with Crippen molar-refractivity contribution in [3.63, 3.8) is 0 Å². The average Bonchev–Trinajstić information content (AvgIpc) is 2.01. The molecule has 0 aromatic carbocycles. The molecule has 1 aromatic rings. The zero-order valence-electron chi connectivity index (χ0n) is 8.16. The highest BCUT2D eigenvalue weighted by molar-refractivity contribution is 7.84. The van der Waals surface area contributed by atoms with Crippen LogP contribution in [0.15, 0.2) is 18.2 Å². The molecule has 3 nitrogen and oxygen atoms in total. The smallest absolute Gasteiger partial charge is 0.214 e. The number of hydrogen-bond acceptors (Lipinski definition) is 3. The maximum absolute atomic E-state index is 12.7. The molecule has 0 spiro atoms. The summed E-state index contributed by atoms with van der Waals surface area (Å²) in [5.41, 5.74) is 0. The third-order valence-electron chi connectivity index (χ3n) is 1.59. The summed E-state index contributed by atoms with van der Waals surface area (Å²) in [5.74, 6) is 0.487. The van der Waals surface area contributed by atoms with Crippen LogP contribution >= 0.6 is 0 Å². The van der Waals surface area contributed by atoms with Crippen LogP contribution in [0.3, 0.4) is 0 Å². The van der Waals surface area contributed by atoms with Crippen molar-refractivity contribution in [1.29, 1.82) is 0 Å². The first-order valence-corrected chi connectivity index (χ1v) is 6.00. The fourth-order valence-electron chi connectivity index (χ4n) is 1.13. The van der Waals surface area contributed by atoms with Crippen LogP contribution < -0.4 is 5.32 Å². The molecule has 0 bridgehead atoms. The zero-order chi connectivity index (χ0) is 10.6. The Bertz CT molecular complexity index is 332. The Hall–Kier alpha value is -0.970. The van der Waals surface area contributed by atoms with Crippen LogP contribution in [0.1, 0.15) is 6.92 Å². The van der Waals surface area contributed by atoms with E-state index in [1.165, 1.54) is 6.07 Å². The highest BCUT2D eigenvalue weighted by Gasteiger charge is 2.05. The Labute approximate surface area is 85.2 Å². The molecule has 78 valence electrons. The number of rotatable bonds is 4. The number of pyridine rings is 1. The minimum Gasteiger partial charge on any atom is -0.367 e. The van der Waals surface area contributed by atoms with Crippen LogP contribution in [0.2, 0.25) is 0 Å². The van der Waals surface area contributed by atoms with E-state index < -0.39 is 16.7 Å². The Balaban J connectivity index is 2.55. The highest BCUT2D eigenvalue weighted by Crippen LogP contribution is 2.05. The van der Waals surface area contributed by atoms with Gasteiger partial charge in [-0.3, -0.25) is 4.21 Å². The Morgan fingerprint density at radius 2 is 2.36 bits per heavy atom. The normalized spacial score (nSPS) is 14.8. The molecule has 0 saturated carbocycles. The molecular weight excluding hydrogens is 203 g/mol. The molecule has 1 N–H and O–H groups in total. The standard InChI is InChI=1S/C9H13FN2OS/c1-7(6-14(2)13)11-9-5-3-4-8(10)12-9/h3-5,7H,6H2,1-2H3,(H,11,12). The molecule has 0 aliphatic heterocycles. The van der Waals surface area contributed by atoms with Crippen molar-refractivity contribution in [2.45, 2.75) is 13.0 Å². The predicted molar refractivity (Wildman–Crippen MR) is 56.2 cm³/mol. The van der Waals surface area contributed by atoms with Gasteiger partial charge in [0.15, 0.2) is 0 Å². The molecule has 0 aliphatic carbocycles. The minimum absolute atomic E-state index is 0.0233. The molecule has 2 unspecified atom stereocenters. The number of hydrogen-bond donors (Lipinski definition) is 1. The van der Waals surface area contributed by atoms with Gasteiger partial charge >= 0.3 is 0 Å². The van der Waals surface area contributed by atoms with E-state index in [-0.39, 0.29) is 6.04 Å². The average molecular weight is 216 g/mol. The molecule has 0 radical (unpaired) electrons. The topological polar surface area (TPSA) is 42.0 Å². The third kappa shape index (κ3) is 3.83. The van der Waals surface area contributed by atoms with Gasteiger partial charge in [0.1, 0.15) is 5.82 Å². The van der Waals surface area contributed by atoms with Gasteiger partial charge in [-0.2, -0.15) is 4.39 Å². The van der Waals surface area contributed by atoms with Crippen molar-refractivity contribution in [2.75, 3.05) is 17.3 Å². The highest BCUT2D eigenvalue weighted by atomic mass is 32.2. The van der Waals surface area contributed by atoms with Crippen LogP contribution in [-0.4, -0.2) is 27.2 Å². The number of anilines is 1. The van der Waals surface area contributed by atoms with Gasteiger partial charge in [-0.15, -0.1) is 0 Å². The van der Waals surface area contributed by atoms with E-state index in [0.717, 1.165) is 0 Å². The first-order valence-electron chi connectivity index (χ1n) is 4.27. The quantitative estimate of drug-likeness (QED) is 0.773. The SMILES string of the molecule is CC(CS(C)=O)Nc1cccc(F)n1. The van der Waals surface area contributed by atoms with Crippen molar-refractivity contribution in [3.8, 4) is 0 Å². The zero-order valence-corrected chi connectivity index (χ0v) is 8.97. The van der Waals surface area contributed by atoms with E-state index >= 15 is 0 Å². The van der Waals surface area contributed by atoms with Crippen molar-refractivity contribution >= 4 is 16.6 Å². The van der Waals surface area contributed by atoms with E-state index in [4.69, 9.17) is 0 Å². The largest absolute Gasteiger partial charge is 0.367 e. The molecule has 0 aliphatic rings. The van der Waals surface area contributed by atoms with Crippen LogP contribution in [0.5, 0.6) is 0 Å². The Morgan fingerprint density at radius 3 is 2.93 bits per heavy atom. The molecule has 1 rings (SSSR count). The van der Waals surface area contributed by atoms with Gasteiger partial charge in [0.2, 0.25) is 5.95 Å². The van der Waals surface area contributed by atoms with Crippen molar-refractivity contribution in [1.82, 2.24) is 4.98 Å². The summed E-state index contributed by atoms with van der Waals surface area (Å²) >= 11 is 0. The first-order chi connectivity index (χ1) is 6.58. The summed E-state index contributed by atoms with van der Waals surface area (Å²) in [6.45, 7) is 1.88. The van der Waals surface area contributed by atoms with Crippen molar-refractivity contribution < 1.29 is 8.60 Å². The monoisotopic (exact) mass is 216 g/mol. The second-order valence-electron chi connectivity index (χ2n) is 3.13. The molecule has 0 amide bonds. The lowest BCUT2D eigenvalue weighted by molar-refractivity contribution is 0.584. The van der Waals surface area contributed by atoms with Gasteiger partial charge in [0, 0.05) is 28.9 Å². The minimum atomic E-state index is -0.859. The maximum Gasteiger partial charge on any atom is 0.214 e.